The summed E-state index contributed by atoms with van der Waals surface area (Å²) in [6.45, 7) is 1.49. The fraction of sp³-hybridized carbons (Fsp3) is 0.222. The van der Waals surface area contributed by atoms with Crippen LogP contribution < -0.4 is 0 Å². The summed E-state index contributed by atoms with van der Waals surface area (Å²) in [5, 5.41) is 0.692. The molecule has 0 saturated carbocycles. The van der Waals surface area contributed by atoms with Crippen molar-refractivity contribution in [1.29, 1.82) is 0 Å². The number of benzene rings is 1. The third-order valence-corrected chi connectivity index (χ3v) is 4.24. The maximum Gasteiger partial charge on any atom is 0.270 e. The molecule has 1 aliphatic rings. The first-order valence-corrected chi connectivity index (χ1v) is 7.80. The molecule has 1 saturated heterocycles. The Labute approximate surface area is 138 Å². The molecule has 1 atom stereocenters. The van der Waals surface area contributed by atoms with Gasteiger partial charge in [0, 0.05) is 29.8 Å². The third-order valence-electron chi connectivity index (χ3n) is 4.24. The number of H-pyrrole nitrogens is 1. The Kier molecular flexibility index (Phi) is 3.74. The van der Waals surface area contributed by atoms with Crippen molar-refractivity contribution in [2.75, 3.05) is 19.7 Å². The maximum atomic E-state index is 13.3. The summed E-state index contributed by atoms with van der Waals surface area (Å²) >= 11 is 0. The smallest absolute Gasteiger partial charge is 0.270 e. The van der Waals surface area contributed by atoms with Crippen molar-refractivity contribution in [2.24, 2.45) is 0 Å². The summed E-state index contributed by atoms with van der Waals surface area (Å²) in [7, 11) is 0. The summed E-state index contributed by atoms with van der Waals surface area (Å²) < 4.78 is 19.1. The van der Waals surface area contributed by atoms with E-state index in [1.165, 1.54) is 12.1 Å². The highest BCUT2D eigenvalue weighted by atomic mass is 19.1. The molecule has 3 aromatic rings. The first-order valence-electron chi connectivity index (χ1n) is 7.80. The lowest BCUT2D eigenvalue weighted by Crippen LogP contribution is -2.42. The second kappa shape index (κ2) is 6.05. The molecule has 5 nitrogen and oxygen atoms in total. The summed E-state index contributed by atoms with van der Waals surface area (Å²) in [5.74, 6) is -0.418. The molecule has 2 aromatic heterocycles. The van der Waals surface area contributed by atoms with Crippen LogP contribution in [0.4, 0.5) is 4.39 Å². The van der Waals surface area contributed by atoms with Crippen LogP contribution in [0.2, 0.25) is 0 Å². The molecular formula is C18H16FN3O2. The molecule has 122 valence electrons. The van der Waals surface area contributed by atoms with Crippen molar-refractivity contribution < 1.29 is 13.9 Å². The largest absolute Gasteiger partial charge is 0.370 e. The zero-order valence-electron chi connectivity index (χ0n) is 12.9. The van der Waals surface area contributed by atoms with E-state index in [1.807, 2.05) is 12.1 Å². The minimum absolute atomic E-state index is 0.103. The Hall–Kier alpha value is -2.73. The van der Waals surface area contributed by atoms with E-state index in [9.17, 15) is 9.18 Å². The summed E-state index contributed by atoms with van der Waals surface area (Å²) in [4.78, 5) is 21.6. The Bertz CT molecular complexity index is 878. The number of carbonyl (C=O) groups excluding carboxylic acids is 1. The highest BCUT2D eigenvalue weighted by molar-refractivity contribution is 5.98. The molecule has 1 amide bonds. The number of morpholine rings is 1. The van der Waals surface area contributed by atoms with Crippen molar-refractivity contribution in [2.45, 2.75) is 6.10 Å². The SMILES string of the molecule is O=C(c1cc2cc(F)ccc2[nH]1)N1CCOC(c2ccncc2)C1. The number of carbonyl (C=O) groups is 1. The fourth-order valence-corrected chi connectivity index (χ4v) is 3.00. The predicted octanol–water partition coefficient (Wildman–Crippen LogP) is 2.92. The number of hydrogen-bond donors (Lipinski definition) is 1. The second-order valence-corrected chi connectivity index (χ2v) is 5.81. The minimum Gasteiger partial charge on any atom is -0.370 e. The number of ether oxygens (including phenoxy) is 1. The monoisotopic (exact) mass is 325 g/mol. The van der Waals surface area contributed by atoms with Crippen molar-refractivity contribution in [3.05, 3.63) is 65.9 Å². The van der Waals surface area contributed by atoms with Gasteiger partial charge in [-0.25, -0.2) is 4.39 Å². The molecule has 1 unspecified atom stereocenters. The molecule has 0 bridgehead atoms. The first-order chi connectivity index (χ1) is 11.7. The highest BCUT2D eigenvalue weighted by Crippen LogP contribution is 2.24. The molecule has 0 radical (unpaired) electrons. The lowest BCUT2D eigenvalue weighted by Gasteiger charge is -2.32. The van der Waals surface area contributed by atoms with Gasteiger partial charge in [0.15, 0.2) is 0 Å². The number of nitrogens with one attached hydrogen (secondary N) is 1. The van der Waals surface area contributed by atoms with Crippen molar-refractivity contribution in [3.63, 3.8) is 0 Å². The Morgan fingerprint density at radius 2 is 2.08 bits per heavy atom. The van der Waals surface area contributed by atoms with E-state index < -0.39 is 0 Å². The molecular weight excluding hydrogens is 309 g/mol. The van der Waals surface area contributed by atoms with E-state index in [0.717, 1.165) is 11.1 Å². The third kappa shape index (κ3) is 2.76. The zero-order valence-corrected chi connectivity index (χ0v) is 12.9. The molecule has 0 spiro atoms. The first kappa shape index (κ1) is 14.8. The van der Waals surface area contributed by atoms with Crippen LogP contribution in [0.1, 0.15) is 22.2 Å². The number of aromatic amines is 1. The van der Waals surface area contributed by atoms with Crippen LogP contribution in [0.5, 0.6) is 0 Å². The van der Waals surface area contributed by atoms with Gasteiger partial charge in [-0.15, -0.1) is 0 Å². The normalized spacial score (nSPS) is 18.0. The number of fused-ring (bicyclic) bond motifs is 1. The predicted molar refractivity (Wildman–Crippen MR) is 87.1 cm³/mol. The zero-order chi connectivity index (χ0) is 16.5. The van der Waals surface area contributed by atoms with Crippen molar-refractivity contribution >= 4 is 16.8 Å². The van der Waals surface area contributed by atoms with E-state index in [0.29, 0.717) is 30.8 Å². The molecule has 6 heteroatoms. The number of nitrogens with zero attached hydrogens (tertiary/aromatic N) is 2. The number of rotatable bonds is 2. The van der Waals surface area contributed by atoms with Gasteiger partial charge in [-0.3, -0.25) is 9.78 Å². The summed E-state index contributed by atoms with van der Waals surface area (Å²) in [6.07, 6.45) is 3.27. The second-order valence-electron chi connectivity index (χ2n) is 5.81. The van der Waals surface area contributed by atoms with Gasteiger partial charge in [-0.05, 0) is 42.0 Å². The van der Waals surface area contributed by atoms with Gasteiger partial charge in [0.1, 0.15) is 17.6 Å². The van der Waals surface area contributed by atoms with Crippen LogP contribution in [0, 0.1) is 5.82 Å². The van der Waals surface area contributed by atoms with E-state index >= 15 is 0 Å². The molecule has 1 fully saturated rings. The lowest BCUT2D eigenvalue weighted by atomic mass is 10.1. The van der Waals surface area contributed by atoms with Gasteiger partial charge < -0.3 is 14.6 Å². The van der Waals surface area contributed by atoms with Gasteiger partial charge >= 0.3 is 0 Å². The quantitative estimate of drug-likeness (QED) is 0.788. The number of hydrogen-bond acceptors (Lipinski definition) is 3. The van der Waals surface area contributed by atoms with E-state index in [1.54, 1.807) is 29.4 Å². The van der Waals surface area contributed by atoms with Gasteiger partial charge in [-0.2, -0.15) is 0 Å². The highest BCUT2D eigenvalue weighted by Gasteiger charge is 2.27. The van der Waals surface area contributed by atoms with Crippen LogP contribution in [0.25, 0.3) is 10.9 Å². The van der Waals surface area contributed by atoms with E-state index in [4.69, 9.17) is 4.74 Å². The number of halogens is 1. The van der Waals surface area contributed by atoms with Gasteiger partial charge in [-0.1, -0.05) is 0 Å². The van der Waals surface area contributed by atoms with Crippen LogP contribution in [-0.2, 0) is 4.74 Å². The molecule has 3 heterocycles. The Morgan fingerprint density at radius 3 is 2.92 bits per heavy atom. The number of aromatic nitrogens is 2. The lowest BCUT2D eigenvalue weighted by molar-refractivity contribution is -0.0230. The topological polar surface area (TPSA) is 58.2 Å². The standard InChI is InChI=1S/C18H16FN3O2/c19-14-1-2-15-13(9-14)10-16(21-15)18(23)22-7-8-24-17(11-22)12-3-5-20-6-4-12/h1-6,9-10,17,21H,7-8,11H2. The average molecular weight is 325 g/mol. The molecule has 1 aromatic carbocycles. The van der Waals surface area contributed by atoms with E-state index in [-0.39, 0.29) is 17.8 Å². The van der Waals surface area contributed by atoms with Crippen molar-refractivity contribution in [1.82, 2.24) is 14.9 Å². The number of pyridine rings is 1. The Morgan fingerprint density at radius 1 is 1.25 bits per heavy atom. The summed E-state index contributed by atoms with van der Waals surface area (Å²) in [5.41, 5.74) is 2.21. The molecule has 24 heavy (non-hydrogen) atoms. The summed E-state index contributed by atoms with van der Waals surface area (Å²) in [6, 6.07) is 9.91. The average Bonchev–Trinajstić information content (AvgIpc) is 3.05. The Balaban J connectivity index is 1.56. The van der Waals surface area contributed by atoms with Gasteiger partial charge in [0.2, 0.25) is 0 Å². The minimum atomic E-state index is -0.315. The number of amides is 1. The van der Waals surface area contributed by atoms with E-state index in [2.05, 4.69) is 9.97 Å². The van der Waals surface area contributed by atoms with Crippen LogP contribution in [0.3, 0.4) is 0 Å². The molecule has 1 N–H and O–H groups in total. The van der Waals surface area contributed by atoms with Gasteiger partial charge in [0.25, 0.3) is 5.91 Å². The van der Waals surface area contributed by atoms with Crippen LogP contribution in [-0.4, -0.2) is 40.5 Å². The van der Waals surface area contributed by atoms with Crippen LogP contribution in [0.15, 0.2) is 48.8 Å². The van der Waals surface area contributed by atoms with Gasteiger partial charge in [0.05, 0.1) is 13.2 Å². The van der Waals surface area contributed by atoms with Crippen molar-refractivity contribution in [3.8, 4) is 0 Å². The fourth-order valence-electron chi connectivity index (χ4n) is 3.00. The molecule has 1 aliphatic heterocycles. The maximum absolute atomic E-state index is 13.3. The molecule has 0 aliphatic carbocycles. The molecule has 4 rings (SSSR count). The van der Waals surface area contributed by atoms with Crippen LogP contribution >= 0.6 is 0 Å².